The Bertz CT molecular complexity index is 350. The van der Waals surface area contributed by atoms with E-state index in [1.807, 2.05) is 0 Å². The number of rotatable bonds is 3. The lowest BCUT2D eigenvalue weighted by molar-refractivity contribution is 0.168. The number of nitrogens with one attached hydrogen (secondary N) is 1. The first-order chi connectivity index (χ1) is 8.15. The van der Waals surface area contributed by atoms with Gasteiger partial charge in [-0.2, -0.15) is 0 Å². The second kappa shape index (κ2) is 6.16. The van der Waals surface area contributed by atoms with Gasteiger partial charge >= 0.3 is 0 Å². The first-order valence-electron chi connectivity index (χ1n) is 6.33. The van der Waals surface area contributed by atoms with Crippen molar-refractivity contribution in [3.63, 3.8) is 0 Å². The predicted octanol–water partition coefficient (Wildman–Crippen LogP) is 2.86. The third kappa shape index (κ3) is 3.93. The van der Waals surface area contributed by atoms with Gasteiger partial charge in [0.1, 0.15) is 0 Å². The number of likely N-dealkylation sites (tertiary alicyclic amines) is 1. The summed E-state index contributed by atoms with van der Waals surface area (Å²) >= 11 is 2.35. The van der Waals surface area contributed by atoms with Gasteiger partial charge in [-0.25, -0.2) is 0 Å². The molecule has 1 heterocycles. The molecule has 3 heteroatoms. The molecule has 0 amide bonds. The highest BCUT2D eigenvalue weighted by Crippen LogP contribution is 2.16. The van der Waals surface area contributed by atoms with Crippen molar-refractivity contribution < 1.29 is 0 Å². The van der Waals surface area contributed by atoms with Gasteiger partial charge in [-0.05, 0) is 73.6 Å². The number of halogens is 1. The molecule has 0 spiro atoms. The van der Waals surface area contributed by atoms with Gasteiger partial charge in [0.05, 0.1) is 0 Å². The number of benzene rings is 1. The van der Waals surface area contributed by atoms with Crippen molar-refractivity contribution in [2.45, 2.75) is 38.4 Å². The third-order valence-electron chi connectivity index (χ3n) is 3.72. The van der Waals surface area contributed by atoms with E-state index in [1.165, 1.54) is 28.5 Å². The Balaban J connectivity index is 1.80. The molecule has 2 nitrogen and oxygen atoms in total. The Kier molecular flexibility index (Phi) is 4.82. The van der Waals surface area contributed by atoms with Gasteiger partial charge in [-0.15, -0.1) is 0 Å². The first kappa shape index (κ1) is 13.3. The van der Waals surface area contributed by atoms with Crippen molar-refractivity contribution in [2.24, 2.45) is 0 Å². The van der Waals surface area contributed by atoms with Crippen LogP contribution in [0.2, 0.25) is 0 Å². The highest BCUT2D eigenvalue weighted by atomic mass is 127. The second-order valence-corrected chi connectivity index (χ2v) is 6.30. The fourth-order valence-corrected chi connectivity index (χ4v) is 2.70. The van der Waals surface area contributed by atoms with Crippen LogP contribution in [0.25, 0.3) is 0 Å². The Morgan fingerprint density at radius 1 is 1.35 bits per heavy atom. The average Bonchev–Trinajstić information content (AvgIpc) is 2.33. The lowest BCUT2D eigenvalue weighted by Crippen LogP contribution is -2.45. The number of nitrogens with zero attached hydrogens (tertiary/aromatic N) is 1. The summed E-state index contributed by atoms with van der Waals surface area (Å²) in [5, 5.41) is 3.68. The molecule has 1 aromatic carbocycles. The summed E-state index contributed by atoms with van der Waals surface area (Å²) in [5.74, 6) is 0. The van der Waals surface area contributed by atoms with Gasteiger partial charge in [0.15, 0.2) is 0 Å². The molecule has 0 saturated carbocycles. The zero-order valence-corrected chi connectivity index (χ0v) is 12.8. The van der Waals surface area contributed by atoms with Gasteiger partial charge in [0.2, 0.25) is 0 Å². The monoisotopic (exact) mass is 344 g/mol. The SMILES string of the molecule is CC1CC(NCc2ccc(I)cc2)CCN1C. The Labute approximate surface area is 118 Å². The summed E-state index contributed by atoms with van der Waals surface area (Å²) in [4.78, 5) is 2.45. The maximum absolute atomic E-state index is 3.68. The molecule has 17 heavy (non-hydrogen) atoms. The van der Waals surface area contributed by atoms with Crippen molar-refractivity contribution in [1.29, 1.82) is 0 Å². The van der Waals surface area contributed by atoms with Crippen LogP contribution in [-0.2, 0) is 6.54 Å². The van der Waals surface area contributed by atoms with Gasteiger partial charge in [-0.1, -0.05) is 12.1 Å². The van der Waals surface area contributed by atoms with Gasteiger partial charge in [-0.3, -0.25) is 0 Å². The van der Waals surface area contributed by atoms with E-state index in [1.54, 1.807) is 0 Å². The quantitative estimate of drug-likeness (QED) is 0.849. The number of hydrogen-bond donors (Lipinski definition) is 1. The van der Waals surface area contributed by atoms with E-state index in [4.69, 9.17) is 0 Å². The molecule has 0 aromatic heterocycles. The largest absolute Gasteiger partial charge is 0.310 e. The molecule has 1 N–H and O–H groups in total. The molecule has 94 valence electrons. The van der Waals surface area contributed by atoms with E-state index in [-0.39, 0.29) is 0 Å². The van der Waals surface area contributed by atoms with E-state index >= 15 is 0 Å². The summed E-state index contributed by atoms with van der Waals surface area (Å²) in [7, 11) is 2.22. The molecule has 1 fully saturated rings. The van der Waals surface area contributed by atoms with Crippen LogP contribution >= 0.6 is 22.6 Å². The van der Waals surface area contributed by atoms with Crippen molar-refractivity contribution in [1.82, 2.24) is 10.2 Å². The highest BCUT2D eigenvalue weighted by Gasteiger charge is 2.21. The molecule has 2 rings (SSSR count). The standard InChI is InChI=1S/C14H21IN2/c1-11-9-14(7-8-17(11)2)16-10-12-3-5-13(15)6-4-12/h3-6,11,14,16H,7-10H2,1-2H3. The third-order valence-corrected chi connectivity index (χ3v) is 4.44. The Morgan fingerprint density at radius 2 is 2.06 bits per heavy atom. The topological polar surface area (TPSA) is 15.3 Å². The minimum atomic E-state index is 0.681. The Hall–Kier alpha value is -0.130. The van der Waals surface area contributed by atoms with Gasteiger partial charge < -0.3 is 10.2 Å². The lowest BCUT2D eigenvalue weighted by Gasteiger charge is -2.35. The van der Waals surface area contributed by atoms with Crippen molar-refractivity contribution in [2.75, 3.05) is 13.6 Å². The van der Waals surface area contributed by atoms with E-state index in [0.717, 1.165) is 6.54 Å². The highest BCUT2D eigenvalue weighted by molar-refractivity contribution is 14.1. The molecule has 0 radical (unpaired) electrons. The van der Waals surface area contributed by atoms with Crippen LogP contribution in [0.5, 0.6) is 0 Å². The lowest BCUT2D eigenvalue weighted by atomic mass is 9.99. The van der Waals surface area contributed by atoms with Crippen LogP contribution in [0, 0.1) is 3.57 Å². The number of piperidine rings is 1. The maximum atomic E-state index is 3.68. The predicted molar refractivity (Wildman–Crippen MR) is 81.1 cm³/mol. The minimum Gasteiger partial charge on any atom is -0.310 e. The molecular formula is C14H21IN2. The van der Waals surface area contributed by atoms with Gasteiger partial charge in [0, 0.05) is 22.2 Å². The summed E-state index contributed by atoms with van der Waals surface area (Å²) in [5.41, 5.74) is 1.39. The van der Waals surface area contributed by atoms with Gasteiger partial charge in [0.25, 0.3) is 0 Å². The van der Waals surface area contributed by atoms with Crippen LogP contribution in [0.1, 0.15) is 25.3 Å². The first-order valence-corrected chi connectivity index (χ1v) is 7.41. The van der Waals surface area contributed by atoms with Crippen LogP contribution in [0.15, 0.2) is 24.3 Å². The van der Waals surface area contributed by atoms with E-state index in [9.17, 15) is 0 Å². The molecule has 1 aliphatic rings. The normalized spacial score (nSPS) is 26.1. The molecule has 1 aromatic rings. The van der Waals surface area contributed by atoms with Crippen molar-refractivity contribution in [3.05, 3.63) is 33.4 Å². The fourth-order valence-electron chi connectivity index (χ4n) is 2.34. The van der Waals surface area contributed by atoms with Crippen molar-refractivity contribution in [3.8, 4) is 0 Å². The van der Waals surface area contributed by atoms with Crippen LogP contribution in [0.3, 0.4) is 0 Å². The van der Waals surface area contributed by atoms with Crippen LogP contribution in [0.4, 0.5) is 0 Å². The molecule has 0 bridgehead atoms. The molecule has 2 atom stereocenters. The van der Waals surface area contributed by atoms with Crippen molar-refractivity contribution >= 4 is 22.6 Å². The molecule has 1 aliphatic heterocycles. The van der Waals surface area contributed by atoms with E-state index in [0.29, 0.717) is 12.1 Å². The zero-order chi connectivity index (χ0) is 12.3. The maximum Gasteiger partial charge on any atom is 0.0208 e. The summed E-state index contributed by atoms with van der Waals surface area (Å²) in [6.07, 6.45) is 2.53. The second-order valence-electron chi connectivity index (χ2n) is 5.06. The zero-order valence-electron chi connectivity index (χ0n) is 10.6. The van der Waals surface area contributed by atoms with Crippen LogP contribution in [-0.4, -0.2) is 30.6 Å². The summed E-state index contributed by atoms with van der Waals surface area (Å²) < 4.78 is 1.30. The van der Waals surface area contributed by atoms with E-state index in [2.05, 4.69) is 71.0 Å². The molecule has 2 unspecified atom stereocenters. The summed E-state index contributed by atoms with van der Waals surface area (Å²) in [6.45, 7) is 4.53. The number of hydrogen-bond acceptors (Lipinski definition) is 2. The summed E-state index contributed by atoms with van der Waals surface area (Å²) in [6, 6.07) is 10.2. The van der Waals surface area contributed by atoms with Crippen LogP contribution < -0.4 is 5.32 Å². The Morgan fingerprint density at radius 3 is 2.71 bits per heavy atom. The smallest absolute Gasteiger partial charge is 0.0208 e. The fraction of sp³-hybridized carbons (Fsp3) is 0.571. The molecule has 0 aliphatic carbocycles. The average molecular weight is 344 g/mol. The van der Waals surface area contributed by atoms with E-state index < -0.39 is 0 Å². The minimum absolute atomic E-state index is 0.681. The molecular weight excluding hydrogens is 323 g/mol. The molecule has 1 saturated heterocycles.